The van der Waals surface area contributed by atoms with Gasteiger partial charge in [-0.25, -0.2) is 4.68 Å². The fourth-order valence-electron chi connectivity index (χ4n) is 3.28. The van der Waals surface area contributed by atoms with E-state index in [1.165, 1.54) is 0 Å². The van der Waals surface area contributed by atoms with Crippen LogP contribution in [0.5, 0.6) is 5.75 Å². The molecule has 3 aromatic carbocycles. The molecule has 27 heavy (non-hydrogen) atoms. The quantitative estimate of drug-likeness (QED) is 0.565. The predicted molar refractivity (Wildman–Crippen MR) is 101 cm³/mol. The maximum Gasteiger partial charge on any atom is 0.305 e. The molecule has 134 valence electrons. The summed E-state index contributed by atoms with van der Waals surface area (Å²) in [6.45, 7) is 0. The fourth-order valence-corrected chi connectivity index (χ4v) is 3.28. The van der Waals surface area contributed by atoms with Crippen molar-refractivity contribution in [3.8, 4) is 17.0 Å². The van der Waals surface area contributed by atoms with Crippen LogP contribution in [0.15, 0.2) is 72.9 Å². The Morgan fingerprint density at radius 3 is 2.52 bits per heavy atom. The molecule has 0 aliphatic carbocycles. The van der Waals surface area contributed by atoms with Crippen molar-refractivity contribution in [2.75, 3.05) is 0 Å². The molecule has 0 saturated heterocycles. The van der Waals surface area contributed by atoms with Crippen molar-refractivity contribution in [3.63, 3.8) is 0 Å². The van der Waals surface area contributed by atoms with E-state index in [9.17, 15) is 15.0 Å². The molecule has 1 unspecified atom stereocenters. The van der Waals surface area contributed by atoms with Gasteiger partial charge >= 0.3 is 5.97 Å². The molecule has 0 saturated carbocycles. The standard InChI is InChI=1S/C21H17N3O3/c25-19-11-10-14-6-4-5-9-16(14)21(19)17-13-24(23-22-17)18(12-20(26)27)15-7-2-1-3-8-15/h1-11,13,18,25H,12H2,(H,26,27). The van der Waals surface area contributed by atoms with Gasteiger partial charge in [0.25, 0.3) is 0 Å². The minimum absolute atomic E-state index is 0.107. The molecule has 4 rings (SSSR count). The third kappa shape index (κ3) is 3.25. The summed E-state index contributed by atoms with van der Waals surface area (Å²) in [5, 5.41) is 29.9. The normalized spacial score (nSPS) is 12.1. The third-order valence-electron chi connectivity index (χ3n) is 4.55. The van der Waals surface area contributed by atoms with Gasteiger partial charge in [-0.05, 0) is 22.4 Å². The number of nitrogens with zero attached hydrogens (tertiary/aromatic N) is 3. The van der Waals surface area contributed by atoms with Gasteiger partial charge in [0, 0.05) is 0 Å². The molecule has 6 nitrogen and oxygen atoms in total. The van der Waals surface area contributed by atoms with E-state index in [0.717, 1.165) is 16.3 Å². The van der Waals surface area contributed by atoms with Crippen LogP contribution in [-0.4, -0.2) is 31.2 Å². The average Bonchev–Trinajstić information content (AvgIpc) is 3.16. The minimum atomic E-state index is -0.922. The number of rotatable bonds is 5. The van der Waals surface area contributed by atoms with E-state index < -0.39 is 12.0 Å². The van der Waals surface area contributed by atoms with Gasteiger partial charge in [-0.2, -0.15) is 0 Å². The topological polar surface area (TPSA) is 88.2 Å². The van der Waals surface area contributed by atoms with Crippen LogP contribution in [-0.2, 0) is 4.79 Å². The number of carboxylic acids is 1. The van der Waals surface area contributed by atoms with Crippen molar-refractivity contribution in [2.45, 2.75) is 12.5 Å². The number of carboxylic acid groups (broad SMARTS) is 1. The summed E-state index contributed by atoms with van der Waals surface area (Å²) in [5.41, 5.74) is 1.91. The Balaban J connectivity index is 1.81. The Hall–Kier alpha value is -3.67. The van der Waals surface area contributed by atoms with Crippen molar-refractivity contribution in [1.82, 2.24) is 15.0 Å². The molecule has 6 heteroatoms. The average molecular weight is 359 g/mol. The summed E-state index contributed by atoms with van der Waals surface area (Å²) < 4.78 is 1.54. The van der Waals surface area contributed by atoms with Gasteiger partial charge in [0.15, 0.2) is 0 Å². The molecule has 0 aliphatic rings. The molecule has 0 fully saturated rings. The van der Waals surface area contributed by atoms with E-state index in [1.54, 1.807) is 16.9 Å². The van der Waals surface area contributed by atoms with Crippen LogP contribution < -0.4 is 0 Å². The number of benzene rings is 3. The lowest BCUT2D eigenvalue weighted by atomic mass is 10.0. The predicted octanol–water partition coefficient (Wildman–Crippen LogP) is 3.87. The summed E-state index contributed by atoms with van der Waals surface area (Å²) in [5.74, 6) is -0.816. The van der Waals surface area contributed by atoms with E-state index in [4.69, 9.17) is 0 Å². The second-order valence-corrected chi connectivity index (χ2v) is 6.29. The number of aliphatic carboxylic acids is 1. The number of fused-ring (bicyclic) bond motifs is 1. The van der Waals surface area contributed by atoms with Gasteiger partial charge in [-0.15, -0.1) is 5.10 Å². The van der Waals surface area contributed by atoms with Crippen molar-refractivity contribution in [3.05, 3.63) is 78.5 Å². The second kappa shape index (κ2) is 6.92. The Morgan fingerprint density at radius 2 is 1.74 bits per heavy atom. The molecule has 1 heterocycles. The maximum absolute atomic E-state index is 11.4. The maximum atomic E-state index is 11.4. The number of hydrogen-bond donors (Lipinski definition) is 2. The number of aromatic hydroxyl groups is 1. The van der Waals surface area contributed by atoms with Crippen molar-refractivity contribution in [2.24, 2.45) is 0 Å². The van der Waals surface area contributed by atoms with Gasteiger partial charge in [0.2, 0.25) is 0 Å². The van der Waals surface area contributed by atoms with Crippen LogP contribution in [0, 0.1) is 0 Å². The third-order valence-corrected chi connectivity index (χ3v) is 4.55. The smallest absolute Gasteiger partial charge is 0.305 e. The first-order valence-electron chi connectivity index (χ1n) is 8.53. The van der Waals surface area contributed by atoms with Crippen LogP contribution in [0.1, 0.15) is 18.0 Å². The van der Waals surface area contributed by atoms with E-state index in [1.807, 2.05) is 60.7 Å². The highest BCUT2D eigenvalue weighted by Gasteiger charge is 2.21. The molecular weight excluding hydrogens is 342 g/mol. The van der Waals surface area contributed by atoms with Crippen LogP contribution in [0.25, 0.3) is 22.0 Å². The number of phenolic OH excluding ortho intramolecular Hbond substituents is 1. The molecule has 2 N–H and O–H groups in total. The Bertz CT molecular complexity index is 1110. The lowest BCUT2D eigenvalue weighted by Crippen LogP contribution is -2.15. The van der Waals surface area contributed by atoms with E-state index in [0.29, 0.717) is 11.3 Å². The zero-order valence-electron chi connectivity index (χ0n) is 14.4. The van der Waals surface area contributed by atoms with E-state index in [2.05, 4.69) is 10.3 Å². The van der Waals surface area contributed by atoms with Crippen molar-refractivity contribution >= 4 is 16.7 Å². The van der Waals surface area contributed by atoms with Crippen LogP contribution in [0.3, 0.4) is 0 Å². The van der Waals surface area contributed by atoms with Crippen LogP contribution >= 0.6 is 0 Å². The highest BCUT2D eigenvalue weighted by molar-refractivity contribution is 5.98. The summed E-state index contributed by atoms with van der Waals surface area (Å²) in [6, 6.07) is 20.0. The van der Waals surface area contributed by atoms with Crippen molar-refractivity contribution < 1.29 is 15.0 Å². The van der Waals surface area contributed by atoms with E-state index in [-0.39, 0.29) is 12.2 Å². The number of carbonyl (C=O) groups is 1. The van der Waals surface area contributed by atoms with Crippen LogP contribution in [0.4, 0.5) is 0 Å². The molecule has 4 aromatic rings. The van der Waals surface area contributed by atoms with Gasteiger partial charge in [0.05, 0.1) is 24.2 Å². The summed E-state index contributed by atoms with van der Waals surface area (Å²) in [4.78, 5) is 11.4. The van der Waals surface area contributed by atoms with Gasteiger partial charge in [-0.1, -0.05) is 65.9 Å². The minimum Gasteiger partial charge on any atom is -0.507 e. The Kier molecular flexibility index (Phi) is 4.30. The molecular formula is C21H17N3O3. The molecule has 1 aromatic heterocycles. The lowest BCUT2D eigenvalue weighted by molar-refractivity contribution is -0.137. The first kappa shape index (κ1) is 16.8. The first-order chi connectivity index (χ1) is 13.1. The Morgan fingerprint density at radius 1 is 1.00 bits per heavy atom. The highest BCUT2D eigenvalue weighted by Crippen LogP contribution is 2.35. The van der Waals surface area contributed by atoms with Gasteiger partial charge < -0.3 is 10.2 Å². The number of phenols is 1. The zero-order valence-corrected chi connectivity index (χ0v) is 14.4. The second-order valence-electron chi connectivity index (χ2n) is 6.29. The van der Waals surface area contributed by atoms with Crippen molar-refractivity contribution in [1.29, 1.82) is 0 Å². The van der Waals surface area contributed by atoms with Gasteiger partial charge in [0.1, 0.15) is 11.4 Å². The SMILES string of the molecule is O=C(O)CC(c1ccccc1)n1cc(-c2c(O)ccc3ccccc23)nn1. The first-order valence-corrected chi connectivity index (χ1v) is 8.53. The zero-order chi connectivity index (χ0) is 18.8. The molecule has 0 radical (unpaired) electrons. The monoisotopic (exact) mass is 359 g/mol. The highest BCUT2D eigenvalue weighted by atomic mass is 16.4. The van der Waals surface area contributed by atoms with Crippen LogP contribution in [0.2, 0.25) is 0 Å². The fraction of sp³-hybridized carbons (Fsp3) is 0.0952. The number of hydrogen-bond acceptors (Lipinski definition) is 4. The summed E-state index contributed by atoms with van der Waals surface area (Å²) in [6.07, 6.45) is 1.57. The van der Waals surface area contributed by atoms with E-state index >= 15 is 0 Å². The van der Waals surface area contributed by atoms with Gasteiger partial charge in [-0.3, -0.25) is 4.79 Å². The molecule has 0 amide bonds. The number of aromatic nitrogens is 3. The largest absolute Gasteiger partial charge is 0.507 e. The lowest BCUT2D eigenvalue weighted by Gasteiger charge is -2.15. The Labute approximate surface area is 155 Å². The molecule has 1 atom stereocenters. The molecule has 0 bridgehead atoms. The summed E-state index contributed by atoms with van der Waals surface area (Å²) in [7, 11) is 0. The summed E-state index contributed by atoms with van der Waals surface area (Å²) >= 11 is 0. The molecule has 0 aliphatic heterocycles. The molecule has 0 spiro atoms.